The summed E-state index contributed by atoms with van der Waals surface area (Å²) in [5, 5.41) is 5.74. The number of carbonyl (C=O) groups excluding carboxylic acids is 2. The number of rotatable bonds is 14. The van der Waals surface area contributed by atoms with Crippen LogP contribution in [0.4, 0.5) is 0 Å². The summed E-state index contributed by atoms with van der Waals surface area (Å²) in [6.45, 7) is 1.39. The lowest BCUT2D eigenvalue weighted by atomic mass is 10.2. The van der Waals surface area contributed by atoms with Crippen LogP contribution in [-0.4, -0.2) is 59.7 Å². The molecule has 8 heteroatoms. The molecule has 0 rings (SSSR count). The van der Waals surface area contributed by atoms with Gasteiger partial charge in [0.25, 0.3) is 0 Å². The predicted molar refractivity (Wildman–Crippen MR) is 96.0 cm³/mol. The zero-order chi connectivity index (χ0) is 15.8. The van der Waals surface area contributed by atoms with E-state index in [1.165, 1.54) is 0 Å². The van der Waals surface area contributed by atoms with Crippen LogP contribution in [0.3, 0.4) is 0 Å². The van der Waals surface area contributed by atoms with Gasteiger partial charge in [0.1, 0.15) is 0 Å². The molecule has 2 amide bonds. The number of unbranched alkanes of at least 4 members (excludes halogenated alkanes) is 2. The number of carbonyl (C=O) groups is 2. The second kappa shape index (κ2) is 16.6. The maximum absolute atomic E-state index is 11.4. The molecule has 0 aliphatic carbocycles. The van der Waals surface area contributed by atoms with E-state index in [-0.39, 0.29) is 11.8 Å². The van der Waals surface area contributed by atoms with Gasteiger partial charge in [0.2, 0.25) is 11.8 Å². The van der Waals surface area contributed by atoms with E-state index in [9.17, 15) is 9.59 Å². The molecule has 0 aliphatic heterocycles. The minimum Gasteiger partial charge on any atom is -0.355 e. The molecule has 0 aromatic carbocycles. The highest BCUT2D eigenvalue weighted by atomic mass is 35.5. The molecule has 0 radical (unpaired) electrons. The first-order chi connectivity index (χ1) is 10.2. The Bertz CT molecular complexity index is 259. The van der Waals surface area contributed by atoms with E-state index in [1.807, 2.05) is 0 Å². The van der Waals surface area contributed by atoms with Gasteiger partial charge in [-0.2, -0.15) is 23.5 Å². The van der Waals surface area contributed by atoms with Gasteiger partial charge < -0.3 is 10.6 Å². The van der Waals surface area contributed by atoms with E-state index in [1.54, 1.807) is 23.5 Å². The van der Waals surface area contributed by atoms with Crippen LogP contribution in [0.15, 0.2) is 0 Å². The van der Waals surface area contributed by atoms with E-state index in [0.29, 0.717) is 36.4 Å². The van der Waals surface area contributed by atoms with Crippen molar-refractivity contribution in [3.8, 4) is 0 Å². The Labute approximate surface area is 145 Å². The standard InChI is InChI=1S/C13H24Cl2N2O2S2/c14-4-8-20-10-12(18)16-6-2-1-3-7-17-13(19)11-21-9-5-15/h1-11H2,(H,16,18)(H,17,19). The number of nitrogens with one attached hydrogen (secondary N) is 2. The Hall–Kier alpha value is 0.220. The average molecular weight is 375 g/mol. The predicted octanol–water partition coefficient (Wildman–Crippen LogP) is 2.33. The zero-order valence-corrected chi connectivity index (χ0v) is 15.3. The maximum atomic E-state index is 11.4. The maximum Gasteiger partial charge on any atom is 0.229 e. The van der Waals surface area contributed by atoms with Gasteiger partial charge in [0, 0.05) is 36.4 Å². The minimum atomic E-state index is 0.0646. The lowest BCUT2D eigenvalue weighted by Gasteiger charge is -2.06. The van der Waals surface area contributed by atoms with Crippen LogP contribution in [0.5, 0.6) is 0 Å². The molecule has 0 aliphatic rings. The molecule has 0 unspecified atom stereocenters. The van der Waals surface area contributed by atoms with Crippen LogP contribution in [0.2, 0.25) is 0 Å². The molecule has 2 N–H and O–H groups in total. The van der Waals surface area contributed by atoms with Gasteiger partial charge in [0.15, 0.2) is 0 Å². The molecule has 21 heavy (non-hydrogen) atoms. The summed E-state index contributed by atoms with van der Waals surface area (Å²) in [5.74, 6) is 3.84. The quantitative estimate of drug-likeness (QED) is 0.361. The largest absolute Gasteiger partial charge is 0.355 e. The Morgan fingerprint density at radius 3 is 1.57 bits per heavy atom. The number of hydrogen-bond acceptors (Lipinski definition) is 4. The summed E-state index contributed by atoms with van der Waals surface area (Å²) in [6.07, 6.45) is 2.86. The van der Waals surface area contributed by atoms with Crippen LogP contribution in [-0.2, 0) is 9.59 Å². The number of hydrogen-bond donors (Lipinski definition) is 2. The van der Waals surface area contributed by atoms with Crippen molar-refractivity contribution in [3.63, 3.8) is 0 Å². The number of alkyl halides is 2. The van der Waals surface area contributed by atoms with Gasteiger partial charge in [-0.1, -0.05) is 0 Å². The molecule has 0 saturated heterocycles. The van der Waals surface area contributed by atoms with E-state index < -0.39 is 0 Å². The smallest absolute Gasteiger partial charge is 0.229 e. The summed E-state index contributed by atoms with van der Waals surface area (Å²) in [5.41, 5.74) is 0. The Balaban J connectivity index is 3.24. The van der Waals surface area contributed by atoms with Crippen molar-refractivity contribution >= 4 is 58.5 Å². The van der Waals surface area contributed by atoms with Crippen LogP contribution in [0.1, 0.15) is 19.3 Å². The fourth-order valence-electron chi connectivity index (χ4n) is 1.42. The third kappa shape index (κ3) is 16.4. The highest BCUT2D eigenvalue weighted by molar-refractivity contribution is 8.00. The molecule has 0 bridgehead atoms. The lowest BCUT2D eigenvalue weighted by molar-refractivity contribution is -0.119. The van der Waals surface area contributed by atoms with E-state index in [2.05, 4.69) is 10.6 Å². The molecule has 0 saturated carbocycles. The third-order valence-electron chi connectivity index (χ3n) is 2.41. The molecule has 0 aromatic rings. The normalized spacial score (nSPS) is 10.4. The third-order valence-corrected chi connectivity index (χ3v) is 5.15. The number of thioether (sulfide) groups is 2. The van der Waals surface area contributed by atoms with E-state index in [4.69, 9.17) is 23.2 Å². The van der Waals surface area contributed by atoms with Crippen LogP contribution in [0, 0.1) is 0 Å². The van der Waals surface area contributed by atoms with Crippen molar-refractivity contribution in [2.75, 3.05) is 47.9 Å². The Morgan fingerprint density at radius 1 is 0.762 bits per heavy atom. The van der Waals surface area contributed by atoms with Gasteiger partial charge in [0.05, 0.1) is 11.5 Å². The summed E-state index contributed by atoms with van der Waals surface area (Å²) in [4.78, 5) is 22.8. The topological polar surface area (TPSA) is 58.2 Å². The summed E-state index contributed by atoms with van der Waals surface area (Å²) in [6, 6.07) is 0. The average Bonchev–Trinajstić information content (AvgIpc) is 2.47. The molecule has 4 nitrogen and oxygen atoms in total. The van der Waals surface area contributed by atoms with Crippen molar-refractivity contribution in [2.45, 2.75) is 19.3 Å². The van der Waals surface area contributed by atoms with Gasteiger partial charge in [-0.15, -0.1) is 23.2 Å². The fraction of sp³-hybridized carbons (Fsp3) is 0.846. The Kier molecular flexibility index (Phi) is 16.8. The SMILES string of the molecule is O=C(CSCCCl)NCCCCCNC(=O)CSCCCl. The van der Waals surface area contributed by atoms with E-state index >= 15 is 0 Å². The first kappa shape index (κ1) is 21.2. The summed E-state index contributed by atoms with van der Waals surface area (Å²) in [7, 11) is 0. The van der Waals surface area contributed by atoms with Crippen LogP contribution < -0.4 is 10.6 Å². The molecule has 0 atom stereocenters. The zero-order valence-electron chi connectivity index (χ0n) is 12.2. The Morgan fingerprint density at radius 2 is 1.19 bits per heavy atom. The first-order valence-electron chi connectivity index (χ1n) is 7.01. The van der Waals surface area contributed by atoms with Crippen molar-refractivity contribution in [1.82, 2.24) is 10.6 Å². The first-order valence-corrected chi connectivity index (χ1v) is 10.4. The molecule has 0 heterocycles. The molecular weight excluding hydrogens is 351 g/mol. The second-order valence-corrected chi connectivity index (χ2v) is 7.21. The van der Waals surface area contributed by atoms with E-state index in [0.717, 1.165) is 30.8 Å². The molecule has 0 aromatic heterocycles. The van der Waals surface area contributed by atoms with Crippen molar-refractivity contribution in [3.05, 3.63) is 0 Å². The van der Waals surface area contributed by atoms with Crippen molar-refractivity contribution < 1.29 is 9.59 Å². The van der Waals surface area contributed by atoms with Crippen LogP contribution in [0.25, 0.3) is 0 Å². The highest BCUT2D eigenvalue weighted by Gasteiger charge is 2.01. The molecule has 0 fully saturated rings. The highest BCUT2D eigenvalue weighted by Crippen LogP contribution is 2.01. The number of halogens is 2. The van der Waals surface area contributed by atoms with Crippen molar-refractivity contribution in [2.24, 2.45) is 0 Å². The summed E-state index contributed by atoms with van der Waals surface area (Å²) >= 11 is 14.1. The molecule has 124 valence electrons. The molecular formula is C13H24Cl2N2O2S2. The molecule has 0 spiro atoms. The monoisotopic (exact) mass is 374 g/mol. The second-order valence-electron chi connectivity index (χ2n) is 4.24. The lowest BCUT2D eigenvalue weighted by Crippen LogP contribution is -2.27. The minimum absolute atomic E-state index is 0.0646. The van der Waals surface area contributed by atoms with Gasteiger partial charge in [-0.25, -0.2) is 0 Å². The van der Waals surface area contributed by atoms with Crippen molar-refractivity contribution in [1.29, 1.82) is 0 Å². The fourth-order valence-corrected chi connectivity index (χ4v) is 3.16. The van der Waals surface area contributed by atoms with Gasteiger partial charge >= 0.3 is 0 Å². The number of amides is 2. The van der Waals surface area contributed by atoms with Crippen LogP contribution >= 0.6 is 46.7 Å². The summed E-state index contributed by atoms with van der Waals surface area (Å²) < 4.78 is 0. The van der Waals surface area contributed by atoms with Gasteiger partial charge in [-0.3, -0.25) is 9.59 Å². The van der Waals surface area contributed by atoms with Gasteiger partial charge in [-0.05, 0) is 19.3 Å².